The first-order valence-corrected chi connectivity index (χ1v) is 9.57. The molecule has 0 atom stereocenters. The molecule has 3 heteroatoms. The molecule has 1 aliphatic heterocycles. The fourth-order valence-electron chi connectivity index (χ4n) is 3.61. The lowest BCUT2D eigenvalue weighted by atomic mass is 10.1. The first-order valence-electron chi connectivity index (χ1n) is 9.57. The Balaban J connectivity index is 1.30. The monoisotopic (exact) mass is 358 g/mol. The van der Waals surface area contributed by atoms with Crippen LogP contribution in [0.3, 0.4) is 0 Å². The van der Waals surface area contributed by atoms with Gasteiger partial charge < -0.3 is 9.64 Å². The van der Waals surface area contributed by atoms with Crippen LogP contribution < -0.4 is 9.64 Å². The largest absolute Gasteiger partial charge is 0.497 e. The van der Waals surface area contributed by atoms with E-state index in [2.05, 4.69) is 76.6 Å². The van der Waals surface area contributed by atoms with Crippen LogP contribution in [-0.2, 0) is 6.54 Å². The topological polar surface area (TPSA) is 15.7 Å². The molecule has 1 fully saturated rings. The van der Waals surface area contributed by atoms with Gasteiger partial charge in [-0.25, -0.2) is 0 Å². The highest BCUT2D eigenvalue weighted by molar-refractivity contribution is 5.62. The van der Waals surface area contributed by atoms with E-state index in [1.807, 2.05) is 12.1 Å². The molecule has 27 heavy (non-hydrogen) atoms. The minimum atomic E-state index is 0.913. The molecule has 0 amide bonds. The van der Waals surface area contributed by atoms with Crippen molar-refractivity contribution in [1.29, 1.82) is 0 Å². The number of piperazine rings is 1. The van der Waals surface area contributed by atoms with Crippen LogP contribution in [0.4, 0.5) is 5.69 Å². The van der Waals surface area contributed by atoms with Crippen molar-refractivity contribution in [3.05, 3.63) is 89.5 Å². The lowest BCUT2D eigenvalue weighted by Crippen LogP contribution is -2.45. The van der Waals surface area contributed by atoms with E-state index in [-0.39, 0.29) is 0 Å². The maximum atomic E-state index is 5.25. The van der Waals surface area contributed by atoms with Crippen LogP contribution in [0.15, 0.2) is 78.4 Å². The van der Waals surface area contributed by atoms with E-state index in [0.29, 0.717) is 0 Å². The van der Waals surface area contributed by atoms with E-state index >= 15 is 0 Å². The van der Waals surface area contributed by atoms with Gasteiger partial charge in [0.25, 0.3) is 0 Å². The van der Waals surface area contributed by atoms with Crippen LogP contribution in [0.2, 0.25) is 0 Å². The molecule has 1 aliphatic carbocycles. The van der Waals surface area contributed by atoms with E-state index in [9.17, 15) is 0 Å². The van der Waals surface area contributed by atoms with Crippen molar-refractivity contribution >= 4 is 11.8 Å². The molecule has 0 radical (unpaired) electrons. The molecule has 1 heterocycles. The molecule has 2 aromatic rings. The molecule has 3 nitrogen and oxygen atoms in total. The van der Waals surface area contributed by atoms with Gasteiger partial charge in [-0.2, -0.15) is 0 Å². The maximum absolute atomic E-state index is 5.25. The standard InChI is InChI=1S/C24H26N2O/c1-27-24-12-10-23(11-13-24)26-16-14-25(15-17-26)19-22-8-6-21(7-9-22)18-20-4-2-3-5-20/h2-13,18H,14-17,19H2,1H3. The Kier molecular flexibility index (Phi) is 5.40. The van der Waals surface area contributed by atoms with Gasteiger partial charge in [0.2, 0.25) is 0 Å². The van der Waals surface area contributed by atoms with Crippen LogP contribution in [0.1, 0.15) is 11.1 Å². The van der Waals surface area contributed by atoms with Crippen LogP contribution in [0, 0.1) is 0 Å². The molecule has 0 spiro atoms. The third-order valence-corrected chi connectivity index (χ3v) is 5.22. The third-order valence-electron chi connectivity index (χ3n) is 5.22. The molecule has 0 saturated carbocycles. The minimum absolute atomic E-state index is 0.913. The SMILES string of the molecule is COc1ccc(N2CCN(Cc3ccc(C=C4C=CC=C4)cc3)CC2)cc1. The van der Waals surface area contributed by atoms with Gasteiger partial charge in [-0.1, -0.05) is 48.6 Å². The second-order valence-corrected chi connectivity index (χ2v) is 7.07. The zero-order valence-corrected chi connectivity index (χ0v) is 15.8. The molecular formula is C24H26N2O. The third kappa shape index (κ3) is 4.50. The van der Waals surface area contributed by atoms with E-state index in [0.717, 1.165) is 38.5 Å². The maximum Gasteiger partial charge on any atom is 0.119 e. The number of methoxy groups -OCH3 is 1. The zero-order valence-electron chi connectivity index (χ0n) is 15.8. The number of hydrogen-bond acceptors (Lipinski definition) is 3. The second-order valence-electron chi connectivity index (χ2n) is 7.07. The quantitative estimate of drug-likeness (QED) is 0.781. The number of anilines is 1. The first kappa shape index (κ1) is 17.6. The summed E-state index contributed by atoms with van der Waals surface area (Å²) < 4.78 is 5.25. The van der Waals surface area contributed by atoms with E-state index < -0.39 is 0 Å². The summed E-state index contributed by atoms with van der Waals surface area (Å²) in [5, 5.41) is 0. The van der Waals surface area contributed by atoms with Crippen LogP contribution in [0.25, 0.3) is 6.08 Å². The average Bonchev–Trinajstić information content (AvgIpc) is 3.23. The lowest BCUT2D eigenvalue weighted by molar-refractivity contribution is 0.250. The summed E-state index contributed by atoms with van der Waals surface area (Å²) in [5.74, 6) is 0.913. The van der Waals surface area contributed by atoms with Crippen molar-refractivity contribution < 1.29 is 4.74 Å². The van der Waals surface area contributed by atoms with E-state index in [1.54, 1.807) is 7.11 Å². The van der Waals surface area contributed by atoms with Gasteiger partial charge >= 0.3 is 0 Å². The number of rotatable bonds is 5. The van der Waals surface area contributed by atoms with Gasteiger partial charge in [0.05, 0.1) is 7.11 Å². The van der Waals surface area contributed by atoms with E-state index in [1.165, 1.54) is 22.4 Å². The molecule has 0 unspecified atom stereocenters. The van der Waals surface area contributed by atoms with Gasteiger partial charge in [0.15, 0.2) is 0 Å². The molecule has 0 N–H and O–H groups in total. The minimum Gasteiger partial charge on any atom is -0.497 e. The molecule has 2 aliphatic rings. The smallest absolute Gasteiger partial charge is 0.119 e. The predicted molar refractivity (Wildman–Crippen MR) is 113 cm³/mol. The highest BCUT2D eigenvalue weighted by Gasteiger charge is 2.17. The number of benzene rings is 2. The van der Waals surface area contributed by atoms with Crippen molar-refractivity contribution in [3.63, 3.8) is 0 Å². The summed E-state index contributed by atoms with van der Waals surface area (Å²) in [4.78, 5) is 4.99. The van der Waals surface area contributed by atoms with Gasteiger partial charge in [0.1, 0.15) is 5.75 Å². The number of nitrogens with zero attached hydrogens (tertiary/aromatic N) is 2. The molecule has 2 aromatic carbocycles. The Morgan fingerprint density at radius 1 is 0.852 bits per heavy atom. The van der Waals surface area contributed by atoms with E-state index in [4.69, 9.17) is 4.74 Å². The van der Waals surface area contributed by atoms with Crippen LogP contribution in [0.5, 0.6) is 5.75 Å². The van der Waals surface area contributed by atoms with Crippen LogP contribution >= 0.6 is 0 Å². The second kappa shape index (κ2) is 8.28. The highest BCUT2D eigenvalue weighted by atomic mass is 16.5. The zero-order chi connectivity index (χ0) is 18.5. The normalized spacial score (nSPS) is 16.8. The Morgan fingerprint density at radius 2 is 1.52 bits per heavy atom. The fraction of sp³-hybridized carbons (Fsp3) is 0.250. The Morgan fingerprint density at radius 3 is 2.15 bits per heavy atom. The van der Waals surface area contributed by atoms with Gasteiger partial charge in [-0.15, -0.1) is 0 Å². The summed E-state index contributed by atoms with van der Waals surface area (Å²) in [5.41, 5.74) is 5.18. The van der Waals surface area contributed by atoms with Crippen molar-refractivity contribution in [1.82, 2.24) is 4.90 Å². The predicted octanol–water partition coefficient (Wildman–Crippen LogP) is 4.53. The summed E-state index contributed by atoms with van der Waals surface area (Å²) in [6.07, 6.45) is 10.6. The number of ether oxygens (including phenoxy) is 1. The first-order chi connectivity index (χ1) is 13.3. The van der Waals surface area contributed by atoms with Crippen molar-refractivity contribution in [2.75, 3.05) is 38.2 Å². The van der Waals surface area contributed by atoms with Crippen molar-refractivity contribution in [2.45, 2.75) is 6.54 Å². The van der Waals surface area contributed by atoms with Crippen LogP contribution in [-0.4, -0.2) is 38.2 Å². The van der Waals surface area contributed by atoms with Gasteiger partial charge in [-0.05, 0) is 47.0 Å². The summed E-state index contributed by atoms with van der Waals surface area (Å²) in [6, 6.07) is 17.3. The summed E-state index contributed by atoms with van der Waals surface area (Å²) >= 11 is 0. The Bertz CT molecular complexity index is 825. The van der Waals surface area contributed by atoms with Gasteiger partial charge in [0, 0.05) is 38.4 Å². The lowest BCUT2D eigenvalue weighted by Gasteiger charge is -2.36. The number of allylic oxidation sites excluding steroid dienone is 5. The van der Waals surface area contributed by atoms with Crippen molar-refractivity contribution in [2.24, 2.45) is 0 Å². The summed E-state index contributed by atoms with van der Waals surface area (Å²) in [6.45, 7) is 5.33. The van der Waals surface area contributed by atoms with Gasteiger partial charge in [-0.3, -0.25) is 4.90 Å². The Hall–Kier alpha value is -2.78. The fourth-order valence-corrected chi connectivity index (χ4v) is 3.61. The molecule has 4 rings (SSSR count). The molecular weight excluding hydrogens is 332 g/mol. The molecule has 0 bridgehead atoms. The highest BCUT2D eigenvalue weighted by Crippen LogP contribution is 2.21. The molecule has 138 valence electrons. The number of hydrogen-bond donors (Lipinski definition) is 0. The summed E-state index contributed by atoms with van der Waals surface area (Å²) in [7, 11) is 1.71. The average molecular weight is 358 g/mol. The van der Waals surface area contributed by atoms with Crippen molar-refractivity contribution in [3.8, 4) is 5.75 Å². The Labute approximate surface area is 161 Å². The molecule has 1 saturated heterocycles. The molecule has 0 aromatic heterocycles.